The summed E-state index contributed by atoms with van der Waals surface area (Å²) in [6.07, 6.45) is 0.508. The number of nitrogens with two attached hydrogens (primary N) is 2. The van der Waals surface area contributed by atoms with Crippen LogP contribution in [-0.4, -0.2) is 41.2 Å². The summed E-state index contributed by atoms with van der Waals surface area (Å²) >= 11 is 0. The number of nitrogens with one attached hydrogen (secondary N) is 2. The summed E-state index contributed by atoms with van der Waals surface area (Å²) in [6, 6.07) is 15.4. The van der Waals surface area contributed by atoms with Crippen LogP contribution in [0.2, 0.25) is 0 Å². The predicted octanol–water partition coefficient (Wildman–Crippen LogP) is 1.19. The van der Waals surface area contributed by atoms with Crippen molar-refractivity contribution in [1.82, 2.24) is 10.2 Å². The molecule has 1 saturated heterocycles. The fourth-order valence-corrected chi connectivity index (χ4v) is 3.96. The van der Waals surface area contributed by atoms with Crippen LogP contribution in [0.15, 0.2) is 48.5 Å². The first-order chi connectivity index (χ1) is 14.8. The molecule has 1 aliphatic rings. The molecule has 0 spiro atoms. The summed E-state index contributed by atoms with van der Waals surface area (Å²) in [5.41, 5.74) is 14.1. The number of primary amides is 1. The van der Waals surface area contributed by atoms with Crippen molar-refractivity contribution < 1.29 is 9.59 Å². The lowest BCUT2D eigenvalue weighted by molar-refractivity contribution is -0.129. The standard InChI is InChI=1S/C23H26N6O2/c1-14(23(31)28-12-15-5-7-17(8-6-15)21(25)26)29-13-19(10-20(29)22(27)30)18-4-2-3-16(9-18)11-24/h2-9,14,19-20H,10,12-13H2,1H3,(H3,25,26)(H2,27,30)(H,28,31)/t14-,19?,20?/m0/s1. The van der Waals surface area contributed by atoms with Gasteiger partial charge in [0.1, 0.15) is 5.84 Å². The van der Waals surface area contributed by atoms with Crippen molar-refractivity contribution in [2.45, 2.75) is 37.9 Å². The van der Waals surface area contributed by atoms with E-state index in [1.807, 2.05) is 35.2 Å². The first-order valence-electron chi connectivity index (χ1n) is 10.1. The SMILES string of the molecule is C[C@@H](C(=O)NCc1ccc(C(=N)N)cc1)N1CC(c2cccc(C#N)c2)CC1C(N)=O. The maximum Gasteiger partial charge on any atom is 0.237 e. The van der Waals surface area contributed by atoms with E-state index in [2.05, 4.69) is 11.4 Å². The van der Waals surface area contributed by atoms with E-state index in [-0.39, 0.29) is 17.7 Å². The third-order valence-electron chi connectivity index (χ3n) is 5.76. The lowest BCUT2D eigenvalue weighted by Crippen LogP contribution is -2.51. The zero-order valence-electron chi connectivity index (χ0n) is 17.3. The van der Waals surface area contributed by atoms with Crippen LogP contribution in [0.5, 0.6) is 0 Å². The van der Waals surface area contributed by atoms with Crippen LogP contribution in [0, 0.1) is 16.7 Å². The fraction of sp³-hybridized carbons (Fsp3) is 0.304. The molecule has 8 nitrogen and oxygen atoms in total. The molecule has 2 aromatic carbocycles. The van der Waals surface area contributed by atoms with Gasteiger partial charge in [0, 0.05) is 18.7 Å². The van der Waals surface area contributed by atoms with Gasteiger partial charge in [-0.15, -0.1) is 0 Å². The quantitative estimate of drug-likeness (QED) is 0.394. The number of amidine groups is 1. The third-order valence-corrected chi connectivity index (χ3v) is 5.76. The van der Waals surface area contributed by atoms with Crippen LogP contribution in [-0.2, 0) is 16.1 Å². The second-order valence-corrected chi connectivity index (χ2v) is 7.79. The van der Waals surface area contributed by atoms with Gasteiger partial charge in [0.25, 0.3) is 0 Å². The van der Waals surface area contributed by atoms with Gasteiger partial charge in [0.05, 0.1) is 23.7 Å². The Morgan fingerprint density at radius 1 is 1.26 bits per heavy atom. The van der Waals surface area contributed by atoms with Gasteiger partial charge in [-0.25, -0.2) is 0 Å². The first kappa shape index (κ1) is 22.0. The van der Waals surface area contributed by atoms with Gasteiger partial charge in [0.2, 0.25) is 11.8 Å². The zero-order chi connectivity index (χ0) is 22.5. The van der Waals surface area contributed by atoms with Gasteiger partial charge in [-0.3, -0.25) is 19.9 Å². The Bertz CT molecular complexity index is 1030. The Kier molecular flexibility index (Phi) is 6.68. The molecule has 160 valence electrons. The number of rotatable bonds is 7. The minimum Gasteiger partial charge on any atom is -0.384 e. The Labute approximate surface area is 181 Å². The molecular formula is C23H26N6O2. The Morgan fingerprint density at radius 2 is 1.97 bits per heavy atom. The lowest BCUT2D eigenvalue weighted by Gasteiger charge is -2.28. The van der Waals surface area contributed by atoms with Crippen molar-refractivity contribution in [3.8, 4) is 6.07 Å². The summed E-state index contributed by atoms with van der Waals surface area (Å²) in [7, 11) is 0. The molecule has 2 unspecified atom stereocenters. The van der Waals surface area contributed by atoms with Crippen molar-refractivity contribution in [2.75, 3.05) is 6.54 Å². The number of nitriles is 1. The lowest BCUT2D eigenvalue weighted by atomic mass is 9.95. The molecule has 0 aromatic heterocycles. The number of hydrogen-bond donors (Lipinski definition) is 4. The molecule has 0 saturated carbocycles. The molecule has 1 aliphatic heterocycles. The Hall–Kier alpha value is -3.70. The summed E-state index contributed by atoms with van der Waals surface area (Å²) in [4.78, 5) is 26.7. The van der Waals surface area contributed by atoms with Crippen LogP contribution in [0.25, 0.3) is 0 Å². The smallest absolute Gasteiger partial charge is 0.237 e. The largest absolute Gasteiger partial charge is 0.384 e. The maximum atomic E-state index is 12.8. The molecule has 3 atom stereocenters. The highest BCUT2D eigenvalue weighted by Crippen LogP contribution is 2.33. The molecule has 3 rings (SSSR count). The molecule has 2 amide bonds. The number of nitrogens with zero attached hydrogens (tertiary/aromatic N) is 2. The minimum absolute atomic E-state index is 0.00871. The number of nitrogen functional groups attached to an aromatic ring is 1. The Morgan fingerprint density at radius 3 is 2.58 bits per heavy atom. The van der Waals surface area contributed by atoms with Gasteiger partial charge in [-0.05, 0) is 42.5 Å². The van der Waals surface area contributed by atoms with Gasteiger partial charge < -0.3 is 16.8 Å². The number of carbonyl (C=O) groups is 2. The van der Waals surface area contributed by atoms with Crippen molar-refractivity contribution >= 4 is 17.6 Å². The topological polar surface area (TPSA) is 149 Å². The molecule has 31 heavy (non-hydrogen) atoms. The van der Waals surface area contributed by atoms with Crippen molar-refractivity contribution in [1.29, 1.82) is 10.7 Å². The van der Waals surface area contributed by atoms with Crippen LogP contribution in [0.4, 0.5) is 0 Å². The molecule has 0 radical (unpaired) electrons. The number of hydrogen-bond acceptors (Lipinski definition) is 5. The van der Waals surface area contributed by atoms with Crippen LogP contribution < -0.4 is 16.8 Å². The van der Waals surface area contributed by atoms with Crippen molar-refractivity contribution in [3.05, 3.63) is 70.8 Å². The van der Waals surface area contributed by atoms with Gasteiger partial charge in [-0.1, -0.05) is 36.4 Å². The normalized spacial score (nSPS) is 19.4. The van der Waals surface area contributed by atoms with Crippen molar-refractivity contribution in [3.63, 3.8) is 0 Å². The average Bonchev–Trinajstić information content (AvgIpc) is 3.23. The molecule has 0 aliphatic carbocycles. The first-order valence-corrected chi connectivity index (χ1v) is 10.1. The van der Waals surface area contributed by atoms with Crippen LogP contribution >= 0.6 is 0 Å². The number of amides is 2. The van der Waals surface area contributed by atoms with Crippen LogP contribution in [0.3, 0.4) is 0 Å². The van der Waals surface area contributed by atoms with E-state index in [0.29, 0.717) is 30.6 Å². The molecule has 1 fully saturated rings. The minimum atomic E-state index is -0.550. The van der Waals surface area contributed by atoms with Crippen molar-refractivity contribution in [2.24, 2.45) is 11.5 Å². The summed E-state index contributed by atoms with van der Waals surface area (Å²) in [5.74, 6) is -0.655. The molecule has 0 bridgehead atoms. The van der Waals surface area contributed by atoms with Gasteiger partial charge in [-0.2, -0.15) is 5.26 Å². The Balaban J connectivity index is 1.67. The number of likely N-dealkylation sites (tertiary alicyclic amines) is 1. The van der Waals surface area contributed by atoms with Gasteiger partial charge in [0.15, 0.2) is 0 Å². The average molecular weight is 419 g/mol. The van der Waals surface area contributed by atoms with E-state index in [4.69, 9.17) is 22.1 Å². The third kappa shape index (κ3) is 5.08. The summed E-state index contributed by atoms with van der Waals surface area (Å²) in [5, 5.41) is 19.5. The van der Waals surface area contributed by atoms with E-state index in [1.54, 1.807) is 25.1 Å². The van der Waals surface area contributed by atoms with E-state index in [0.717, 1.165) is 11.1 Å². The summed E-state index contributed by atoms with van der Waals surface area (Å²) in [6.45, 7) is 2.59. The molecule has 2 aromatic rings. The monoisotopic (exact) mass is 418 g/mol. The number of carbonyl (C=O) groups excluding carboxylic acids is 2. The van der Waals surface area contributed by atoms with E-state index in [1.165, 1.54) is 0 Å². The second-order valence-electron chi connectivity index (χ2n) is 7.79. The fourth-order valence-electron chi connectivity index (χ4n) is 3.96. The second kappa shape index (κ2) is 9.41. The predicted molar refractivity (Wildman–Crippen MR) is 117 cm³/mol. The highest BCUT2D eigenvalue weighted by atomic mass is 16.2. The van der Waals surface area contributed by atoms with E-state index >= 15 is 0 Å². The molecule has 8 heteroatoms. The van der Waals surface area contributed by atoms with Gasteiger partial charge >= 0.3 is 0 Å². The van der Waals surface area contributed by atoms with Crippen LogP contribution in [0.1, 0.15) is 41.5 Å². The summed E-state index contributed by atoms with van der Waals surface area (Å²) < 4.78 is 0. The molecular weight excluding hydrogens is 392 g/mol. The van der Waals surface area contributed by atoms with E-state index in [9.17, 15) is 9.59 Å². The highest BCUT2D eigenvalue weighted by molar-refractivity contribution is 5.94. The molecule has 1 heterocycles. The number of benzene rings is 2. The highest BCUT2D eigenvalue weighted by Gasteiger charge is 2.40. The zero-order valence-corrected chi connectivity index (χ0v) is 17.3. The maximum absolute atomic E-state index is 12.8. The molecule has 6 N–H and O–H groups in total. The van der Waals surface area contributed by atoms with E-state index < -0.39 is 18.0 Å².